The molecule has 0 amide bonds. The lowest BCUT2D eigenvalue weighted by atomic mass is 9.88. The highest BCUT2D eigenvalue weighted by Crippen LogP contribution is 2.40. The molecule has 0 fully saturated rings. The first-order valence-corrected chi connectivity index (χ1v) is 15.9. The summed E-state index contributed by atoms with van der Waals surface area (Å²) in [6.07, 6.45) is 6.78. The summed E-state index contributed by atoms with van der Waals surface area (Å²) in [4.78, 5) is 0. The molecular weight excluding hydrogens is 584 g/mol. The minimum atomic E-state index is 0.248. The Hall–Kier alpha value is -4.72. The molecule has 8 heteroatoms. The number of methoxy groups -OCH3 is 4. The summed E-state index contributed by atoms with van der Waals surface area (Å²) >= 11 is 0. The van der Waals surface area contributed by atoms with Gasteiger partial charge < -0.3 is 37.9 Å². The van der Waals surface area contributed by atoms with Gasteiger partial charge in [-0.1, -0.05) is 0 Å². The van der Waals surface area contributed by atoms with E-state index in [0.717, 1.165) is 97.4 Å². The van der Waals surface area contributed by atoms with Crippen LogP contribution in [0.2, 0.25) is 0 Å². The van der Waals surface area contributed by atoms with Gasteiger partial charge in [-0.25, -0.2) is 0 Å². The van der Waals surface area contributed by atoms with Gasteiger partial charge in [0.2, 0.25) is 13.6 Å². The average molecular weight is 625 g/mol. The topological polar surface area (TPSA) is 73.8 Å². The Balaban J connectivity index is 1.33. The molecule has 46 heavy (non-hydrogen) atoms. The molecule has 0 saturated heterocycles. The summed E-state index contributed by atoms with van der Waals surface area (Å²) in [5.74, 6) is 6.20. The molecule has 0 aromatic heterocycles. The summed E-state index contributed by atoms with van der Waals surface area (Å²) in [5, 5.41) is 0. The average Bonchev–Trinajstić information content (AvgIpc) is 3.75. The van der Waals surface area contributed by atoms with Crippen LogP contribution in [0.5, 0.6) is 46.0 Å². The third-order valence-corrected chi connectivity index (χ3v) is 9.46. The maximum Gasteiger partial charge on any atom is 0.231 e. The lowest BCUT2D eigenvalue weighted by Gasteiger charge is -2.19. The highest BCUT2D eigenvalue weighted by atomic mass is 16.7. The van der Waals surface area contributed by atoms with Crippen LogP contribution in [0.4, 0.5) is 0 Å². The molecule has 7 rings (SSSR count). The monoisotopic (exact) mass is 624 g/mol. The number of rotatable bonds is 4. The van der Waals surface area contributed by atoms with Crippen LogP contribution >= 0.6 is 0 Å². The predicted octanol–water partition coefficient (Wildman–Crippen LogP) is 6.63. The van der Waals surface area contributed by atoms with E-state index in [1.807, 2.05) is 0 Å². The molecule has 0 bridgehead atoms. The van der Waals surface area contributed by atoms with Crippen molar-refractivity contribution < 1.29 is 37.9 Å². The van der Waals surface area contributed by atoms with Gasteiger partial charge in [-0.05, 0) is 144 Å². The molecule has 8 nitrogen and oxygen atoms in total. The van der Waals surface area contributed by atoms with Gasteiger partial charge in [-0.3, -0.25) is 0 Å². The van der Waals surface area contributed by atoms with Gasteiger partial charge >= 0.3 is 0 Å². The second-order valence-electron chi connectivity index (χ2n) is 11.9. The van der Waals surface area contributed by atoms with Crippen molar-refractivity contribution in [2.75, 3.05) is 42.0 Å². The van der Waals surface area contributed by atoms with Crippen molar-refractivity contribution in [2.24, 2.45) is 0 Å². The van der Waals surface area contributed by atoms with Crippen LogP contribution in [0.15, 0.2) is 48.5 Å². The van der Waals surface area contributed by atoms with Gasteiger partial charge in [0.15, 0.2) is 46.0 Å². The van der Waals surface area contributed by atoms with Crippen molar-refractivity contribution in [1.82, 2.24) is 0 Å². The van der Waals surface area contributed by atoms with Crippen molar-refractivity contribution in [3.8, 4) is 46.0 Å². The zero-order valence-electron chi connectivity index (χ0n) is 27.0. The normalized spacial score (nSPS) is 15.2. The number of fused-ring (bicyclic) bond motifs is 6. The van der Waals surface area contributed by atoms with Crippen LogP contribution < -0.4 is 37.9 Å². The van der Waals surface area contributed by atoms with E-state index < -0.39 is 0 Å². The summed E-state index contributed by atoms with van der Waals surface area (Å²) in [7, 11) is 6.77. The van der Waals surface area contributed by atoms with Crippen LogP contribution in [-0.2, 0) is 51.4 Å². The molecule has 2 aliphatic heterocycles. The fraction of sp³-hybridized carbons (Fsp3) is 0.368. The molecule has 240 valence electrons. The Kier molecular flexibility index (Phi) is 8.43. The number of aryl methyl sites for hydroxylation is 8. The second kappa shape index (κ2) is 12.9. The Morgan fingerprint density at radius 3 is 0.717 bits per heavy atom. The molecule has 0 atom stereocenters. The number of ether oxygens (including phenoxy) is 8. The van der Waals surface area contributed by atoms with Gasteiger partial charge in [-0.2, -0.15) is 0 Å². The van der Waals surface area contributed by atoms with E-state index in [4.69, 9.17) is 37.9 Å². The fourth-order valence-corrected chi connectivity index (χ4v) is 6.92. The van der Waals surface area contributed by atoms with Gasteiger partial charge in [0, 0.05) is 0 Å². The van der Waals surface area contributed by atoms with Crippen molar-refractivity contribution in [3.05, 3.63) is 93.0 Å². The van der Waals surface area contributed by atoms with Crippen LogP contribution in [0.25, 0.3) is 0 Å². The zero-order valence-corrected chi connectivity index (χ0v) is 27.0. The third kappa shape index (κ3) is 5.84. The molecule has 0 radical (unpaired) electrons. The summed E-state index contributed by atoms with van der Waals surface area (Å²) in [6.45, 7) is 0.496. The van der Waals surface area contributed by atoms with Crippen molar-refractivity contribution in [3.63, 3.8) is 0 Å². The molecule has 1 aliphatic carbocycles. The molecule has 0 unspecified atom stereocenters. The van der Waals surface area contributed by atoms with E-state index in [0.29, 0.717) is 0 Å². The maximum absolute atomic E-state index is 5.81. The molecule has 0 saturated carbocycles. The number of hydrogen-bond acceptors (Lipinski definition) is 8. The quantitative estimate of drug-likeness (QED) is 0.251. The first kappa shape index (κ1) is 30.0. The largest absolute Gasteiger partial charge is 0.493 e. The van der Waals surface area contributed by atoms with Crippen LogP contribution in [0.1, 0.15) is 44.5 Å². The number of benzene rings is 4. The Morgan fingerprint density at radius 2 is 0.522 bits per heavy atom. The van der Waals surface area contributed by atoms with E-state index in [9.17, 15) is 0 Å². The smallest absolute Gasteiger partial charge is 0.231 e. The maximum atomic E-state index is 5.81. The van der Waals surface area contributed by atoms with Crippen molar-refractivity contribution in [1.29, 1.82) is 0 Å². The highest BCUT2D eigenvalue weighted by molar-refractivity contribution is 5.54. The van der Waals surface area contributed by atoms with Crippen LogP contribution in [0.3, 0.4) is 0 Å². The molecule has 0 N–H and O–H groups in total. The molecule has 2 heterocycles. The molecular formula is C38H40O8. The van der Waals surface area contributed by atoms with Crippen molar-refractivity contribution >= 4 is 0 Å². The van der Waals surface area contributed by atoms with Gasteiger partial charge in [0.25, 0.3) is 0 Å². The Morgan fingerprint density at radius 1 is 0.326 bits per heavy atom. The van der Waals surface area contributed by atoms with Crippen LogP contribution in [0, 0.1) is 0 Å². The van der Waals surface area contributed by atoms with Gasteiger partial charge in [0.05, 0.1) is 28.4 Å². The molecule has 4 aromatic carbocycles. The van der Waals surface area contributed by atoms with E-state index >= 15 is 0 Å². The molecule has 0 spiro atoms. The second-order valence-corrected chi connectivity index (χ2v) is 11.9. The number of hydrogen-bond donors (Lipinski definition) is 0. The third-order valence-electron chi connectivity index (χ3n) is 9.46. The minimum Gasteiger partial charge on any atom is -0.493 e. The van der Waals surface area contributed by atoms with E-state index in [1.54, 1.807) is 28.4 Å². The Bertz CT molecular complexity index is 1510. The first-order chi connectivity index (χ1) is 22.6. The zero-order chi connectivity index (χ0) is 31.6. The first-order valence-electron chi connectivity index (χ1n) is 15.9. The molecule has 3 aliphatic rings. The summed E-state index contributed by atoms with van der Waals surface area (Å²) in [6, 6.07) is 17.2. The lowest BCUT2D eigenvalue weighted by Crippen LogP contribution is -2.08. The lowest BCUT2D eigenvalue weighted by molar-refractivity contribution is 0.173. The summed E-state index contributed by atoms with van der Waals surface area (Å²) < 4.78 is 46.2. The van der Waals surface area contributed by atoms with E-state index in [2.05, 4.69) is 48.5 Å². The predicted molar refractivity (Wildman–Crippen MR) is 174 cm³/mol. The highest BCUT2D eigenvalue weighted by Gasteiger charge is 2.22. The fourth-order valence-electron chi connectivity index (χ4n) is 6.92. The standard InChI is InChI=1S/C38H40O8/c1-39-31-13-23-5-9-27-17-35-37(45-21-43-35)19-29(27)11-7-25-15-33(41-3)34(42-4)16-26(25)8-12-30-20-38-36(44-22-46-38)18-28(30)10-6-24(23)14-32(31)40-2/h13-20H,5-12,21-22H2,1-4H3. The minimum absolute atomic E-state index is 0.248. The molecule has 4 aromatic rings. The Labute approximate surface area is 270 Å². The van der Waals surface area contributed by atoms with Crippen molar-refractivity contribution in [2.45, 2.75) is 51.4 Å². The SMILES string of the molecule is COc1cc2c(cc1OC)CCc1cc3c(cc1CCc1cc(OC)c(OC)cc1CCc1cc4c(cc1CC2)OCO4)OCO3. The summed E-state index contributed by atoms with van der Waals surface area (Å²) in [5.41, 5.74) is 10.0. The van der Waals surface area contributed by atoms with Gasteiger partial charge in [0.1, 0.15) is 0 Å². The van der Waals surface area contributed by atoms with Crippen LogP contribution in [-0.4, -0.2) is 42.0 Å². The van der Waals surface area contributed by atoms with Gasteiger partial charge in [-0.15, -0.1) is 0 Å². The van der Waals surface area contributed by atoms with E-state index in [1.165, 1.54) is 44.5 Å². The van der Waals surface area contributed by atoms with E-state index in [-0.39, 0.29) is 13.6 Å².